The Morgan fingerprint density at radius 2 is 1.76 bits per heavy atom. The lowest BCUT2D eigenvalue weighted by molar-refractivity contribution is 0.147. The molecule has 2 aromatic carbocycles. The Kier molecular flexibility index (Phi) is 5.70. The molecular formula is C21H24BrN3O3S. The second-order valence-electron chi connectivity index (χ2n) is 7.34. The third-order valence-corrected chi connectivity index (χ3v) is 8.12. The number of nitrogens with zero attached hydrogens (tertiary/aromatic N) is 3. The Labute approximate surface area is 179 Å². The monoisotopic (exact) mass is 477 g/mol. The largest absolute Gasteiger partial charge is 0.497 e. The summed E-state index contributed by atoms with van der Waals surface area (Å²) in [6, 6.07) is 14.5. The number of halogens is 1. The summed E-state index contributed by atoms with van der Waals surface area (Å²) < 4.78 is 34.6. The molecule has 1 aliphatic heterocycles. The molecule has 3 aromatic rings. The predicted octanol–water partition coefficient (Wildman–Crippen LogP) is 3.40. The van der Waals surface area contributed by atoms with E-state index < -0.39 is 10.0 Å². The van der Waals surface area contributed by atoms with Crippen LogP contribution in [0, 0.1) is 0 Å². The highest BCUT2D eigenvalue weighted by molar-refractivity contribution is 9.10. The van der Waals surface area contributed by atoms with E-state index in [4.69, 9.17) is 4.74 Å². The fourth-order valence-electron chi connectivity index (χ4n) is 3.73. The molecule has 0 N–H and O–H groups in total. The molecule has 2 heterocycles. The van der Waals surface area contributed by atoms with Gasteiger partial charge in [0.1, 0.15) is 10.6 Å². The number of aromatic nitrogens is 1. The predicted molar refractivity (Wildman–Crippen MR) is 118 cm³/mol. The zero-order chi connectivity index (χ0) is 20.6. The molecule has 1 fully saturated rings. The minimum absolute atomic E-state index is 0.222. The molecule has 0 unspecified atom stereocenters. The van der Waals surface area contributed by atoms with E-state index in [1.165, 1.54) is 3.97 Å². The van der Waals surface area contributed by atoms with Crippen LogP contribution >= 0.6 is 15.9 Å². The molecule has 6 nitrogen and oxygen atoms in total. The van der Waals surface area contributed by atoms with Gasteiger partial charge in [0.2, 0.25) is 0 Å². The number of ether oxygens (including phenoxy) is 1. The first-order valence-electron chi connectivity index (χ1n) is 9.49. The van der Waals surface area contributed by atoms with Crippen molar-refractivity contribution in [2.24, 2.45) is 0 Å². The summed E-state index contributed by atoms with van der Waals surface area (Å²) in [5, 5.41) is 0.921. The molecule has 154 valence electrons. The molecule has 0 amide bonds. The van der Waals surface area contributed by atoms with Gasteiger partial charge in [0, 0.05) is 48.3 Å². The number of benzene rings is 2. The molecule has 29 heavy (non-hydrogen) atoms. The van der Waals surface area contributed by atoms with E-state index in [1.54, 1.807) is 25.3 Å². The van der Waals surface area contributed by atoms with Crippen molar-refractivity contribution < 1.29 is 13.2 Å². The average Bonchev–Trinajstić information content (AvgIpc) is 3.08. The molecule has 0 radical (unpaired) electrons. The first-order chi connectivity index (χ1) is 13.9. The molecule has 0 atom stereocenters. The first-order valence-corrected chi connectivity index (χ1v) is 11.7. The summed E-state index contributed by atoms with van der Waals surface area (Å²) >= 11 is 3.41. The van der Waals surface area contributed by atoms with Crippen LogP contribution < -0.4 is 4.74 Å². The summed E-state index contributed by atoms with van der Waals surface area (Å²) in [4.78, 5) is 4.82. The fraction of sp³-hybridized carbons (Fsp3) is 0.333. The zero-order valence-corrected chi connectivity index (χ0v) is 18.9. The van der Waals surface area contributed by atoms with E-state index in [0.29, 0.717) is 22.3 Å². The van der Waals surface area contributed by atoms with Crippen molar-refractivity contribution in [3.63, 3.8) is 0 Å². The van der Waals surface area contributed by atoms with Crippen LogP contribution in [0.15, 0.2) is 57.9 Å². The van der Waals surface area contributed by atoms with Crippen molar-refractivity contribution in [2.45, 2.75) is 11.4 Å². The lowest BCUT2D eigenvalue weighted by Gasteiger charge is -2.32. The summed E-state index contributed by atoms with van der Waals surface area (Å²) in [5.41, 5.74) is 1.47. The molecule has 0 saturated carbocycles. The number of para-hydroxylation sites is 1. The number of fused-ring (bicyclic) bond motifs is 1. The van der Waals surface area contributed by atoms with E-state index in [2.05, 4.69) is 32.8 Å². The van der Waals surface area contributed by atoms with Crippen LogP contribution in [-0.4, -0.2) is 62.5 Å². The van der Waals surface area contributed by atoms with Gasteiger partial charge in [-0.2, -0.15) is 0 Å². The Balaban J connectivity index is 1.81. The Morgan fingerprint density at radius 1 is 1.03 bits per heavy atom. The van der Waals surface area contributed by atoms with E-state index in [-0.39, 0.29) is 4.90 Å². The third-order valence-electron chi connectivity index (χ3n) is 5.38. The van der Waals surface area contributed by atoms with E-state index in [9.17, 15) is 8.42 Å². The molecule has 1 aliphatic rings. The van der Waals surface area contributed by atoms with Crippen molar-refractivity contribution in [3.8, 4) is 5.75 Å². The minimum atomic E-state index is -3.79. The van der Waals surface area contributed by atoms with Crippen molar-refractivity contribution in [3.05, 3.63) is 58.7 Å². The molecule has 1 saturated heterocycles. The molecular weight excluding hydrogens is 454 g/mol. The maximum absolute atomic E-state index is 13.7. The Bertz CT molecular complexity index is 1140. The van der Waals surface area contributed by atoms with Gasteiger partial charge in [-0.05, 0) is 53.3 Å². The number of hydrogen-bond donors (Lipinski definition) is 0. The first kappa shape index (κ1) is 20.4. The highest BCUT2D eigenvalue weighted by atomic mass is 79.9. The van der Waals surface area contributed by atoms with Crippen molar-refractivity contribution in [1.82, 2.24) is 13.8 Å². The summed E-state index contributed by atoms with van der Waals surface area (Å²) in [6.45, 7) is 4.40. The molecule has 4 rings (SSSR count). The normalized spacial score (nSPS) is 16.4. The van der Waals surface area contributed by atoms with Gasteiger partial charge in [-0.15, -0.1) is 0 Å². The van der Waals surface area contributed by atoms with Crippen LogP contribution in [0.3, 0.4) is 0 Å². The molecule has 0 bridgehead atoms. The van der Waals surface area contributed by atoms with Crippen molar-refractivity contribution in [1.29, 1.82) is 0 Å². The highest BCUT2D eigenvalue weighted by Gasteiger charge is 2.27. The summed E-state index contributed by atoms with van der Waals surface area (Å²) in [7, 11) is -0.123. The van der Waals surface area contributed by atoms with Crippen molar-refractivity contribution >= 4 is 36.9 Å². The molecule has 8 heteroatoms. The van der Waals surface area contributed by atoms with Gasteiger partial charge < -0.3 is 9.64 Å². The smallest absolute Gasteiger partial charge is 0.269 e. The lowest BCUT2D eigenvalue weighted by atomic mass is 10.2. The molecule has 0 spiro atoms. The van der Waals surface area contributed by atoms with Gasteiger partial charge >= 0.3 is 0 Å². The number of methoxy groups -OCH3 is 1. The van der Waals surface area contributed by atoms with E-state index in [0.717, 1.165) is 37.3 Å². The topological polar surface area (TPSA) is 54.8 Å². The second kappa shape index (κ2) is 8.10. The quantitative estimate of drug-likeness (QED) is 0.563. The Hall–Kier alpha value is -1.87. The van der Waals surface area contributed by atoms with Crippen LogP contribution in [0.25, 0.3) is 10.9 Å². The van der Waals surface area contributed by atoms with Crippen molar-refractivity contribution in [2.75, 3.05) is 40.3 Å². The molecule has 0 aliphatic carbocycles. The van der Waals surface area contributed by atoms with Crippen LogP contribution in [0.2, 0.25) is 0 Å². The third kappa shape index (κ3) is 3.94. The number of piperazine rings is 1. The maximum atomic E-state index is 13.7. The maximum Gasteiger partial charge on any atom is 0.269 e. The van der Waals surface area contributed by atoms with E-state index in [1.807, 2.05) is 30.3 Å². The van der Waals surface area contributed by atoms with Gasteiger partial charge in [0.05, 0.1) is 12.6 Å². The van der Waals surface area contributed by atoms with Gasteiger partial charge in [0.25, 0.3) is 10.0 Å². The average molecular weight is 478 g/mol. The standard InChI is InChI=1S/C21H24BrN3O3S/c1-23-9-11-24(12-10-23)15-17-13-16-5-3-4-6-20(16)25(17)29(26,27)21-8-7-18(28-2)14-19(21)22/h3-8,13-14H,9-12,15H2,1-2H3. The molecule has 1 aromatic heterocycles. The van der Waals surface area contributed by atoms with Gasteiger partial charge in [-0.25, -0.2) is 12.4 Å². The number of rotatable bonds is 5. The fourth-order valence-corrected chi connectivity index (χ4v) is 6.29. The van der Waals surface area contributed by atoms with Crippen LogP contribution in [0.4, 0.5) is 0 Å². The van der Waals surface area contributed by atoms with Crippen LogP contribution in [0.5, 0.6) is 5.75 Å². The summed E-state index contributed by atoms with van der Waals surface area (Å²) in [5.74, 6) is 0.603. The second-order valence-corrected chi connectivity index (χ2v) is 9.95. The highest BCUT2D eigenvalue weighted by Crippen LogP contribution is 2.32. The van der Waals surface area contributed by atoms with E-state index >= 15 is 0 Å². The van der Waals surface area contributed by atoms with Gasteiger partial charge in [-0.3, -0.25) is 4.90 Å². The van der Waals surface area contributed by atoms with Crippen LogP contribution in [0.1, 0.15) is 5.69 Å². The zero-order valence-electron chi connectivity index (χ0n) is 16.5. The minimum Gasteiger partial charge on any atom is -0.497 e. The van der Waals surface area contributed by atoms with Gasteiger partial charge in [0.15, 0.2) is 0 Å². The lowest BCUT2D eigenvalue weighted by Crippen LogP contribution is -2.44. The SMILES string of the molecule is COc1ccc(S(=O)(=O)n2c(CN3CCN(C)CC3)cc3ccccc32)c(Br)c1. The summed E-state index contributed by atoms with van der Waals surface area (Å²) in [6.07, 6.45) is 0. The van der Waals surface area contributed by atoms with Gasteiger partial charge in [-0.1, -0.05) is 18.2 Å². The van der Waals surface area contributed by atoms with Crippen LogP contribution in [-0.2, 0) is 16.6 Å². The Morgan fingerprint density at radius 3 is 2.45 bits per heavy atom. The number of hydrogen-bond acceptors (Lipinski definition) is 5. The number of likely N-dealkylation sites (N-methyl/N-ethyl adjacent to an activating group) is 1.